The molecule has 2 N–H and O–H groups in total. The molecule has 6 rings (SSSR count). The number of nitrogens with zero attached hydrogens (tertiary/aromatic N) is 7. The van der Waals surface area contributed by atoms with Gasteiger partial charge in [0.25, 0.3) is 12.4 Å². The quantitative estimate of drug-likeness (QED) is 0.0748. The SMILES string of the molecule is C=CC(=O)N1CCCC1.CC.CCn1c(-c2cccnc2C(C)OC)c(CC(C)(C)COC=O)c2cc(-c3csc(CC(NC(=O)C(C(C)C)N(C)C=O)C(=O)N4CCCCN4)n3)cnc21. The van der Waals surface area contributed by atoms with Crippen LogP contribution in [0.5, 0.6) is 0 Å². The van der Waals surface area contributed by atoms with Gasteiger partial charge < -0.3 is 29.2 Å². The van der Waals surface area contributed by atoms with E-state index in [1.165, 1.54) is 22.3 Å². The number of thiazole rings is 1. The molecule has 4 aromatic heterocycles. The van der Waals surface area contributed by atoms with Gasteiger partial charge in [0.1, 0.15) is 17.7 Å². The van der Waals surface area contributed by atoms with Crippen molar-refractivity contribution < 1.29 is 33.4 Å². The van der Waals surface area contributed by atoms with Gasteiger partial charge in [-0.15, -0.1) is 11.3 Å². The van der Waals surface area contributed by atoms with Crippen LogP contribution in [0, 0.1) is 11.3 Å². The molecule has 0 saturated carbocycles. The van der Waals surface area contributed by atoms with E-state index in [2.05, 4.69) is 54.8 Å². The number of nitrogens with one attached hydrogen (secondary N) is 2. The van der Waals surface area contributed by atoms with Crippen LogP contribution in [0.4, 0.5) is 0 Å². The van der Waals surface area contributed by atoms with Crippen LogP contribution in [0.1, 0.15) is 103 Å². The van der Waals surface area contributed by atoms with E-state index in [4.69, 9.17) is 24.4 Å². The van der Waals surface area contributed by atoms with Crippen molar-refractivity contribution in [1.29, 1.82) is 0 Å². The lowest BCUT2D eigenvalue weighted by atomic mass is 9.84. The molecule has 16 nitrogen and oxygen atoms in total. The number of carbonyl (C=O) groups is 5. The van der Waals surface area contributed by atoms with E-state index in [9.17, 15) is 24.0 Å². The number of aromatic nitrogens is 4. The van der Waals surface area contributed by atoms with Gasteiger partial charge in [0.2, 0.25) is 18.2 Å². The highest BCUT2D eigenvalue weighted by molar-refractivity contribution is 7.10. The molecule has 2 fully saturated rings. The molecule has 4 amide bonds. The highest BCUT2D eigenvalue weighted by Crippen LogP contribution is 2.41. The smallest absolute Gasteiger partial charge is 0.293 e. The fourth-order valence-corrected chi connectivity index (χ4v) is 9.24. The second-order valence-corrected chi connectivity index (χ2v) is 18.4. The highest BCUT2D eigenvalue weighted by atomic mass is 32.1. The predicted molar refractivity (Wildman–Crippen MR) is 259 cm³/mol. The van der Waals surface area contributed by atoms with Crippen LogP contribution >= 0.6 is 11.3 Å². The molecule has 0 radical (unpaired) electrons. The van der Waals surface area contributed by atoms with Crippen LogP contribution < -0.4 is 10.7 Å². The standard InChI is InChI=1S/C40H54N8O6S.C7H11NO.C2H6/c1-9-47-36(28-13-12-14-41-34(28)26(4)53-8)30(19-40(5,6)22-54-24-50)29-17-27(20-42-37(29)47)32-21-55-33(44-32)18-31(39(52)48-16-11-10-15-43-48)45-38(51)35(25(2)3)46(7)23-49;1-2-7(9)8-5-3-4-6-8;1-2/h12-14,17,20-21,23-26,31,35,43H,9-11,15-16,18-19,22H2,1-8H3,(H,45,51);2H,1,3-6H2;1-2H3. The first-order valence-electron chi connectivity index (χ1n) is 23.1. The van der Waals surface area contributed by atoms with Crippen LogP contribution in [-0.4, -0.2) is 124 Å². The summed E-state index contributed by atoms with van der Waals surface area (Å²) >= 11 is 1.41. The summed E-state index contributed by atoms with van der Waals surface area (Å²) in [7, 11) is 3.23. The Hall–Kier alpha value is -5.52. The molecule has 17 heteroatoms. The van der Waals surface area contributed by atoms with Crippen molar-refractivity contribution in [3.63, 3.8) is 0 Å². The summed E-state index contributed by atoms with van der Waals surface area (Å²) in [6, 6.07) is 4.44. The maximum Gasteiger partial charge on any atom is 0.293 e. The Balaban J connectivity index is 0.000000764. The van der Waals surface area contributed by atoms with E-state index in [0.29, 0.717) is 49.6 Å². The normalized spacial score (nSPS) is 15.1. The van der Waals surface area contributed by atoms with Crippen LogP contribution in [0.3, 0.4) is 0 Å². The topological polar surface area (TPSA) is 181 Å². The van der Waals surface area contributed by atoms with Gasteiger partial charge in [-0.25, -0.2) is 15.4 Å². The molecule has 3 atom stereocenters. The highest BCUT2D eigenvalue weighted by Gasteiger charge is 2.34. The van der Waals surface area contributed by atoms with Gasteiger partial charge in [0.05, 0.1) is 34.8 Å². The number of fused-ring (bicyclic) bond motifs is 1. The summed E-state index contributed by atoms with van der Waals surface area (Å²) in [6.45, 7) is 23.7. The van der Waals surface area contributed by atoms with Gasteiger partial charge in [-0.1, -0.05) is 48.1 Å². The molecule has 0 aromatic carbocycles. The Morgan fingerprint density at radius 2 is 1.79 bits per heavy atom. The fourth-order valence-electron chi connectivity index (χ4n) is 8.39. The Morgan fingerprint density at radius 1 is 1.08 bits per heavy atom. The van der Waals surface area contributed by atoms with Gasteiger partial charge in [-0.3, -0.25) is 34.0 Å². The first-order chi connectivity index (χ1) is 31.7. The van der Waals surface area contributed by atoms with Gasteiger partial charge in [0.15, 0.2) is 0 Å². The van der Waals surface area contributed by atoms with Gasteiger partial charge in [-0.05, 0) is 81.7 Å². The van der Waals surface area contributed by atoms with E-state index in [-0.39, 0.29) is 36.9 Å². The maximum atomic E-state index is 13.9. The van der Waals surface area contributed by atoms with E-state index in [0.717, 1.165) is 77.9 Å². The number of hydrogen-bond donors (Lipinski definition) is 2. The van der Waals surface area contributed by atoms with Crippen molar-refractivity contribution >= 4 is 53.0 Å². The lowest BCUT2D eigenvalue weighted by molar-refractivity contribution is -0.142. The van der Waals surface area contributed by atoms with Crippen molar-refractivity contribution in [3.8, 4) is 22.5 Å². The predicted octanol–water partition coefficient (Wildman–Crippen LogP) is 6.78. The summed E-state index contributed by atoms with van der Waals surface area (Å²) in [6.07, 6.45) is 10.2. The number of likely N-dealkylation sites (tertiary alicyclic amines) is 1. The third kappa shape index (κ3) is 13.3. The summed E-state index contributed by atoms with van der Waals surface area (Å²) in [5.41, 5.74) is 8.83. The lowest BCUT2D eigenvalue weighted by Gasteiger charge is -2.33. The maximum absolute atomic E-state index is 13.9. The lowest BCUT2D eigenvalue weighted by Crippen LogP contribution is -2.58. The molecule has 6 heterocycles. The second-order valence-electron chi connectivity index (χ2n) is 17.4. The van der Waals surface area contributed by atoms with E-state index in [1.54, 1.807) is 25.4 Å². The average molecular weight is 930 g/mol. The Bertz CT molecular complexity index is 2240. The number of hydrogen-bond acceptors (Lipinski definition) is 12. The van der Waals surface area contributed by atoms with E-state index in [1.807, 2.05) is 57.2 Å². The van der Waals surface area contributed by atoms with Crippen molar-refractivity contribution in [2.24, 2.45) is 11.3 Å². The molecule has 2 saturated heterocycles. The molecular weight excluding hydrogens is 859 g/mol. The number of aryl methyl sites for hydroxylation is 1. The number of hydrazine groups is 1. The minimum atomic E-state index is -0.897. The molecule has 4 aromatic rings. The number of ether oxygens (including phenoxy) is 2. The average Bonchev–Trinajstić information content (AvgIpc) is 4.11. The summed E-state index contributed by atoms with van der Waals surface area (Å²) in [5, 5.41) is 8.09. The zero-order valence-corrected chi connectivity index (χ0v) is 41.4. The number of likely N-dealkylation sites (N-methyl/N-ethyl adjacent to an activating group) is 1. The molecule has 0 aliphatic carbocycles. The number of amides is 4. The summed E-state index contributed by atoms with van der Waals surface area (Å²) < 4.78 is 13.2. The van der Waals surface area contributed by atoms with E-state index >= 15 is 0 Å². The van der Waals surface area contributed by atoms with Crippen molar-refractivity contribution in [1.82, 2.24) is 45.1 Å². The third-order valence-electron chi connectivity index (χ3n) is 11.7. The molecule has 2 aliphatic heterocycles. The first kappa shape index (κ1) is 53.1. The largest absolute Gasteiger partial charge is 0.467 e. The molecule has 0 bridgehead atoms. The van der Waals surface area contributed by atoms with Crippen molar-refractivity contribution in [2.45, 2.75) is 119 Å². The Kier molecular flexibility index (Phi) is 20.4. The number of methoxy groups -OCH3 is 1. The number of carbonyl (C=O) groups excluding carboxylic acids is 5. The van der Waals surface area contributed by atoms with Gasteiger partial charge >= 0.3 is 0 Å². The summed E-state index contributed by atoms with van der Waals surface area (Å²) in [4.78, 5) is 79.0. The molecule has 3 unspecified atom stereocenters. The van der Waals surface area contributed by atoms with Crippen LogP contribution in [0.25, 0.3) is 33.5 Å². The minimum Gasteiger partial charge on any atom is -0.467 e. The third-order valence-corrected chi connectivity index (χ3v) is 12.5. The number of pyridine rings is 2. The zero-order valence-electron chi connectivity index (χ0n) is 40.6. The molecule has 66 heavy (non-hydrogen) atoms. The Labute approximate surface area is 394 Å². The second kappa shape index (κ2) is 25.4. The minimum absolute atomic E-state index is 0.0764. The zero-order chi connectivity index (χ0) is 48.6. The molecule has 0 spiro atoms. The van der Waals surface area contributed by atoms with Crippen LogP contribution in [0.15, 0.2) is 48.6 Å². The molecular formula is C49H71N9O7S. The molecule has 360 valence electrons. The summed E-state index contributed by atoms with van der Waals surface area (Å²) in [5.74, 6) is -0.737. The van der Waals surface area contributed by atoms with Crippen molar-refractivity contribution in [3.05, 3.63) is 64.9 Å². The first-order valence-corrected chi connectivity index (χ1v) is 24.0. The van der Waals surface area contributed by atoms with Gasteiger partial charge in [-0.2, -0.15) is 0 Å². The monoisotopic (exact) mass is 930 g/mol. The number of rotatable bonds is 19. The van der Waals surface area contributed by atoms with Crippen LogP contribution in [0.2, 0.25) is 0 Å². The van der Waals surface area contributed by atoms with Crippen molar-refractivity contribution in [2.75, 3.05) is 46.9 Å². The fraction of sp³-hybridized carbons (Fsp3) is 0.551. The van der Waals surface area contributed by atoms with Crippen LogP contribution in [-0.2, 0) is 52.8 Å². The molecule has 2 aliphatic rings. The van der Waals surface area contributed by atoms with Gasteiger partial charge in [0, 0.05) is 93.0 Å². The Morgan fingerprint density at radius 3 is 2.39 bits per heavy atom. The van der Waals surface area contributed by atoms with E-state index < -0.39 is 23.4 Å².